The van der Waals surface area contributed by atoms with E-state index in [1.165, 1.54) is 51.7 Å². The van der Waals surface area contributed by atoms with Crippen LogP contribution < -0.4 is 5.56 Å². The number of fused-ring (bicyclic) bond motifs is 3. The highest BCUT2D eigenvalue weighted by atomic mass is 19.4. The first kappa shape index (κ1) is 22.9. The standard InChI is InChI=1S/C25H32F3N3O/c1-17-18(2)31(15-9-4-3-6-12-30-13-7-5-8-14-30)21-11-10-20-24(23(17)21)19(25(26,27)28)16-22(32)29-20/h10-11,16H,3-9,12-15H2,1-2H3,(H,29,32). The molecule has 0 saturated carbocycles. The molecule has 1 saturated heterocycles. The van der Waals surface area contributed by atoms with Crippen molar-refractivity contribution in [2.75, 3.05) is 19.6 Å². The van der Waals surface area contributed by atoms with Crippen molar-refractivity contribution >= 4 is 21.8 Å². The highest BCUT2D eigenvalue weighted by molar-refractivity contribution is 6.09. The fraction of sp³-hybridized carbons (Fsp3) is 0.560. The van der Waals surface area contributed by atoms with E-state index in [0.29, 0.717) is 11.5 Å². The van der Waals surface area contributed by atoms with Gasteiger partial charge in [0.1, 0.15) is 0 Å². The topological polar surface area (TPSA) is 41.0 Å². The minimum absolute atomic E-state index is 0.0930. The number of hydrogen-bond donors (Lipinski definition) is 1. The van der Waals surface area contributed by atoms with Gasteiger partial charge < -0.3 is 14.5 Å². The Morgan fingerprint density at radius 2 is 1.62 bits per heavy atom. The molecule has 1 aliphatic rings. The molecule has 1 aromatic carbocycles. The zero-order valence-corrected chi connectivity index (χ0v) is 18.9. The molecular weight excluding hydrogens is 415 g/mol. The van der Waals surface area contributed by atoms with Crippen LogP contribution in [0, 0.1) is 13.8 Å². The third kappa shape index (κ3) is 4.58. The van der Waals surface area contributed by atoms with Gasteiger partial charge in [0.25, 0.3) is 0 Å². The smallest absolute Gasteiger partial charge is 0.345 e. The van der Waals surface area contributed by atoms with Gasteiger partial charge in [0.15, 0.2) is 0 Å². The normalized spacial score (nSPS) is 15.8. The number of pyridine rings is 1. The van der Waals surface area contributed by atoms with Gasteiger partial charge in [0, 0.05) is 40.1 Å². The Morgan fingerprint density at radius 1 is 0.938 bits per heavy atom. The van der Waals surface area contributed by atoms with Gasteiger partial charge in [0.2, 0.25) is 5.56 Å². The molecule has 4 nitrogen and oxygen atoms in total. The minimum atomic E-state index is -4.59. The van der Waals surface area contributed by atoms with Gasteiger partial charge in [-0.2, -0.15) is 13.2 Å². The van der Waals surface area contributed by atoms with Crippen LogP contribution in [0.15, 0.2) is 23.0 Å². The molecule has 4 rings (SSSR count). The van der Waals surface area contributed by atoms with Gasteiger partial charge in [-0.3, -0.25) is 4.79 Å². The average Bonchev–Trinajstić information content (AvgIpc) is 3.00. The molecule has 1 aliphatic heterocycles. The molecule has 7 heteroatoms. The Labute approximate surface area is 186 Å². The molecule has 3 aromatic rings. The predicted octanol–water partition coefficient (Wildman–Crippen LogP) is 6.16. The molecule has 0 amide bonds. The molecule has 0 unspecified atom stereocenters. The largest absolute Gasteiger partial charge is 0.417 e. The maximum Gasteiger partial charge on any atom is 0.417 e. The van der Waals surface area contributed by atoms with E-state index in [1.54, 1.807) is 6.07 Å². The summed E-state index contributed by atoms with van der Waals surface area (Å²) in [6, 6.07) is 4.11. The van der Waals surface area contributed by atoms with Gasteiger partial charge in [-0.15, -0.1) is 0 Å². The first-order valence-electron chi connectivity index (χ1n) is 11.7. The lowest BCUT2D eigenvalue weighted by Gasteiger charge is -2.26. The highest BCUT2D eigenvalue weighted by Crippen LogP contribution is 2.39. The lowest BCUT2D eigenvalue weighted by atomic mass is 10.0. The number of unbranched alkanes of at least 4 members (excludes halogenated alkanes) is 3. The van der Waals surface area contributed by atoms with E-state index in [1.807, 2.05) is 19.9 Å². The summed E-state index contributed by atoms with van der Waals surface area (Å²) >= 11 is 0. The van der Waals surface area contributed by atoms with Crippen molar-refractivity contribution in [1.29, 1.82) is 0 Å². The summed E-state index contributed by atoms with van der Waals surface area (Å²) in [7, 11) is 0. The summed E-state index contributed by atoms with van der Waals surface area (Å²) in [6.07, 6.45) is 3.90. The van der Waals surface area contributed by atoms with E-state index in [4.69, 9.17) is 0 Å². The Balaban J connectivity index is 1.53. The van der Waals surface area contributed by atoms with Crippen LogP contribution in [-0.4, -0.2) is 34.1 Å². The van der Waals surface area contributed by atoms with Crippen molar-refractivity contribution in [2.45, 2.75) is 71.5 Å². The zero-order valence-electron chi connectivity index (χ0n) is 18.9. The van der Waals surface area contributed by atoms with Gasteiger partial charge >= 0.3 is 6.18 Å². The SMILES string of the molecule is Cc1c(C)n(CCCCCCN2CCCCC2)c2ccc3[nH]c(=O)cc(C(F)(F)F)c3c12. The summed E-state index contributed by atoms with van der Waals surface area (Å²) in [6.45, 7) is 8.26. The van der Waals surface area contributed by atoms with E-state index >= 15 is 0 Å². The maximum absolute atomic E-state index is 13.8. The number of alkyl halides is 3. The molecule has 0 atom stereocenters. The van der Waals surface area contributed by atoms with Gasteiger partial charge in [-0.25, -0.2) is 0 Å². The third-order valence-electron chi connectivity index (χ3n) is 6.96. The van der Waals surface area contributed by atoms with Crippen LogP contribution in [0.3, 0.4) is 0 Å². The second-order valence-corrected chi connectivity index (χ2v) is 9.11. The Hall–Kier alpha value is -2.28. The zero-order chi connectivity index (χ0) is 22.9. The lowest BCUT2D eigenvalue weighted by molar-refractivity contribution is -0.136. The average molecular weight is 448 g/mol. The Morgan fingerprint density at radius 3 is 2.31 bits per heavy atom. The number of aromatic amines is 1. The quantitative estimate of drug-likeness (QED) is 0.441. The van der Waals surface area contributed by atoms with Crippen molar-refractivity contribution in [3.05, 3.63) is 45.4 Å². The van der Waals surface area contributed by atoms with Crippen molar-refractivity contribution < 1.29 is 13.2 Å². The summed E-state index contributed by atoms with van der Waals surface area (Å²) in [5, 5.41) is 0.684. The monoisotopic (exact) mass is 447 g/mol. The number of nitrogens with one attached hydrogen (secondary N) is 1. The van der Waals surface area contributed by atoms with Crippen LogP contribution in [0.2, 0.25) is 0 Å². The molecule has 0 bridgehead atoms. The Bertz CT molecular complexity index is 1150. The van der Waals surface area contributed by atoms with Crippen LogP contribution in [0.1, 0.15) is 61.8 Å². The van der Waals surface area contributed by atoms with Crippen molar-refractivity contribution in [3.63, 3.8) is 0 Å². The van der Waals surface area contributed by atoms with E-state index in [-0.39, 0.29) is 10.9 Å². The molecule has 1 fully saturated rings. The molecule has 32 heavy (non-hydrogen) atoms. The van der Waals surface area contributed by atoms with E-state index in [2.05, 4.69) is 14.5 Å². The van der Waals surface area contributed by atoms with Crippen LogP contribution in [-0.2, 0) is 12.7 Å². The molecule has 174 valence electrons. The van der Waals surface area contributed by atoms with Crippen molar-refractivity contribution in [2.24, 2.45) is 0 Å². The number of halogens is 3. The highest BCUT2D eigenvalue weighted by Gasteiger charge is 2.34. The van der Waals surface area contributed by atoms with E-state index in [9.17, 15) is 18.0 Å². The molecule has 0 aliphatic carbocycles. The number of aryl methyl sites for hydroxylation is 2. The summed E-state index contributed by atoms with van der Waals surface area (Å²) < 4.78 is 43.4. The third-order valence-corrected chi connectivity index (χ3v) is 6.96. The molecule has 0 radical (unpaired) electrons. The number of hydrogen-bond acceptors (Lipinski definition) is 2. The number of benzene rings is 1. The summed E-state index contributed by atoms with van der Waals surface area (Å²) in [5.74, 6) is 0. The summed E-state index contributed by atoms with van der Waals surface area (Å²) in [4.78, 5) is 16.9. The number of H-pyrrole nitrogens is 1. The second-order valence-electron chi connectivity index (χ2n) is 9.11. The number of nitrogens with zero attached hydrogens (tertiary/aromatic N) is 2. The fourth-order valence-electron chi connectivity index (χ4n) is 5.17. The first-order valence-corrected chi connectivity index (χ1v) is 11.7. The van der Waals surface area contributed by atoms with Crippen LogP contribution in [0.5, 0.6) is 0 Å². The molecule has 0 spiro atoms. The lowest BCUT2D eigenvalue weighted by Crippen LogP contribution is -2.30. The number of piperidine rings is 1. The molecule has 2 aromatic heterocycles. The number of likely N-dealkylation sites (tertiary alicyclic amines) is 1. The van der Waals surface area contributed by atoms with E-state index < -0.39 is 17.3 Å². The molecule has 3 heterocycles. The van der Waals surface area contributed by atoms with E-state index in [0.717, 1.165) is 36.2 Å². The van der Waals surface area contributed by atoms with Gasteiger partial charge in [-0.1, -0.05) is 19.3 Å². The van der Waals surface area contributed by atoms with Crippen LogP contribution in [0.25, 0.3) is 21.8 Å². The van der Waals surface area contributed by atoms with Crippen molar-refractivity contribution in [1.82, 2.24) is 14.5 Å². The summed E-state index contributed by atoms with van der Waals surface area (Å²) in [5.41, 5.74) is 1.27. The van der Waals surface area contributed by atoms with Crippen molar-refractivity contribution in [3.8, 4) is 0 Å². The van der Waals surface area contributed by atoms with Crippen LogP contribution >= 0.6 is 0 Å². The molecule has 1 N–H and O–H groups in total. The Kier molecular flexibility index (Phi) is 6.65. The van der Waals surface area contributed by atoms with Gasteiger partial charge in [0.05, 0.1) is 5.56 Å². The number of aromatic nitrogens is 2. The maximum atomic E-state index is 13.8. The van der Waals surface area contributed by atoms with Gasteiger partial charge in [-0.05, 0) is 76.9 Å². The van der Waals surface area contributed by atoms with Crippen LogP contribution in [0.4, 0.5) is 13.2 Å². The first-order chi connectivity index (χ1) is 15.3. The number of rotatable bonds is 7. The fourth-order valence-corrected chi connectivity index (χ4v) is 5.17. The molecular formula is C25H32F3N3O. The predicted molar refractivity (Wildman–Crippen MR) is 123 cm³/mol. The minimum Gasteiger partial charge on any atom is -0.345 e. The second kappa shape index (κ2) is 9.30.